The largest absolute Gasteiger partial charge is 0.477 e. The van der Waals surface area contributed by atoms with Crippen molar-refractivity contribution in [2.45, 2.75) is 38.8 Å². The van der Waals surface area contributed by atoms with Crippen LogP contribution in [-0.2, 0) is 9.59 Å². The van der Waals surface area contributed by atoms with E-state index in [9.17, 15) is 24.6 Å². The highest BCUT2D eigenvalue weighted by molar-refractivity contribution is 8.16. The number of rotatable bonds is 3. The molecule has 3 heterocycles. The molecule has 0 saturated carbocycles. The molecule has 4 atom stereocenters. The standard InChI is InChI=1S/C15H20N2O5S/c1-7-10-9(8(2)18)13(19)17(10)11(14(20)21)12(7)23-15(22)16-5-3-4-6-16/h7-10,18H,3-6H2,1-2H3,(H,20,21)/t7-,8-,9-,10-/m1/s1. The molecule has 3 aliphatic heterocycles. The van der Waals surface area contributed by atoms with Gasteiger partial charge in [-0.1, -0.05) is 6.92 Å². The number of nitrogens with zero attached hydrogens (tertiary/aromatic N) is 2. The second-order valence-corrected chi connectivity index (χ2v) is 7.33. The van der Waals surface area contributed by atoms with Crippen molar-refractivity contribution >= 4 is 28.9 Å². The van der Waals surface area contributed by atoms with Crippen LogP contribution in [0.25, 0.3) is 0 Å². The maximum atomic E-state index is 12.4. The van der Waals surface area contributed by atoms with E-state index in [4.69, 9.17) is 0 Å². The Hall–Kier alpha value is -1.54. The minimum atomic E-state index is -1.20. The average molecular weight is 340 g/mol. The summed E-state index contributed by atoms with van der Waals surface area (Å²) in [5, 5.41) is 19.1. The third-order valence-electron chi connectivity index (χ3n) is 4.87. The second kappa shape index (κ2) is 5.83. The molecule has 2 N–H and O–H groups in total. The molecule has 0 bridgehead atoms. The Morgan fingerprint density at radius 1 is 1.30 bits per heavy atom. The molecule has 0 aromatic carbocycles. The van der Waals surface area contributed by atoms with Gasteiger partial charge in [0.25, 0.3) is 5.24 Å². The van der Waals surface area contributed by atoms with Gasteiger partial charge in [0.15, 0.2) is 0 Å². The van der Waals surface area contributed by atoms with Crippen LogP contribution in [0.2, 0.25) is 0 Å². The topological polar surface area (TPSA) is 98.1 Å². The van der Waals surface area contributed by atoms with Gasteiger partial charge < -0.3 is 20.0 Å². The van der Waals surface area contributed by atoms with E-state index < -0.39 is 18.0 Å². The fraction of sp³-hybridized carbons (Fsp3) is 0.667. The molecule has 2 saturated heterocycles. The molecule has 2 amide bonds. The lowest BCUT2D eigenvalue weighted by atomic mass is 9.79. The lowest BCUT2D eigenvalue weighted by Crippen LogP contribution is -2.63. The van der Waals surface area contributed by atoms with E-state index in [-0.39, 0.29) is 28.8 Å². The number of aliphatic carboxylic acids is 1. The summed E-state index contributed by atoms with van der Waals surface area (Å²) >= 11 is 0.923. The van der Waals surface area contributed by atoms with E-state index in [0.717, 1.165) is 24.6 Å². The van der Waals surface area contributed by atoms with Crippen molar-refractivity contribution < 1.29 is 24.6 Å². The van der Waals surface area contributed by atoms with E-state index in [2.05, 4.69) is 0 Å². The Balaban J connectivity index is 1.87. The van der Waals surface area contributed by atoms with Crippen molar-refractivity contribution in [2.24, 2.45) is 11.8 Å². The maximum Gasteiger partial charge on any atom is 0.353 e. The second-order valence-electron chi connectivity index (χ2n) is 6.33. The molecule has 0 aromatic heterocycles. The number of aliphatic hydroxyl groups is 1. The van der Waals surface area contributed by atoms with Crippen LogP contribution in [0.1, 0.15) is 26.7 Å². The number of β-lactam (4-membered cyclic amide) rings is 1. The molecule has 2 fully saturated rings. The predicted molar refractivity (Wildman–Crippen MR) is 83.4 cm³/mol. The van der Waals surface area contributed by atoms with Crippen LogP contribution < -0.4 is 0 Å². The first kappa shape index (κ1) is 16.3. The van der Waals surface area contributed by atoms with E-state index >= 15 is 0 Å². The van der Waals surface area contributed by atoms with Gasteiger partial charge in [-0.25, -0.2) is 4.79 Å². The van der Waals surface area contributed by atoms with Crippen LogP contribution in [0.15, 0.2) is 10.6 Å². The highest BCUT2D eigenvalue weighted by Crippen LogP contribution is 2.50. The third kappa shape index (κ3) is 2.44. The van der Waals surface area contributed by atoms with Crippen molar-refractivity contribution in [3.8, 4) is 0 Å². The van der Waals surface area contributed by atoms with Gasteiger partial charge in [-0.2, -0.15) is 0 Å². The summed E-state index contributed by atoms with van der Waals surface area (Å²) < 4.78 is 0. The lowest BCUT2D eigenvalue weighted by Gasteiger charge is -2.46. The molecule has 3 aliphatic rings. The molecule has 3 rings (SSSR count). The summed E-state index contributed by atoms with van der Waals surface area (Å²) in [7, 11) is 0. The number of carboxylic acid groups (broad SMARTS) is 1. The fourth-order valence-electron chi connectivity index (χ4n) is 3.72. The minimum Gasteiger partial charge on any atom is -0.477 e. The van der Waals surface area contributed by atoms with Gasteiger partial charge in [0, 0.05) is 23.9 Å². The molecule has 0 spiro atoms. The van der Waals surface area contributed by atoms with E-state index in [1.807, 2.05) is 6.92 Å². The number of amides is 2. The van der Waals surface area contributed by atoms with Gasteiger partial charge in [0.05, 0.1) is 18.1 Å². The van der Waals surface area contributed by atoms with Gasteiger partial charge in [-0.15, -0.1) is 0 Å². The summed E-state index contributed by atoms with van der Waals surface area (Å²) in [5.74, 6) is -2.44. The van der Waals surface area contributed by atoms with Crippen molar-refractivity contribution in [1.29, 1.82) is 0 Å². The number of hydrogen-bond donors (Lipinski definition) is 2. The monoisotopic (exact) mass is 340 g/mol. The highest BCUT2D eigenvalue weighted by atomic mass is 32.2. The van der Waals surface area contributed by atoms with Gasteiger partial charge >= 0.3 is 5.97 Å². The number of carbonyl (C=O) groups excluding carboxylic acids is 2. The van der Waals surface area contributed by atoms with Crippen LogP contribution >= 0.6 is 11.8 Å². The Morgan fingerprint density at radius 3 is 2.43 bits per heavy atom. The zero-order chi connectivity index (χ0) is 16.9. The van der Waals surface area contributed by atoms with Crippen LogP contribution in [0, 0.1) is 11.8 Å². The number of hydrogen-bond acceptors (Lipinski definition) is 5. The predicted octanol–water partition coefficient (Wildman–Crippen LogP) is 1.09. The molecular formula is C15H20N2O5S. The summed E-state index contributed by atoms with van der Waals surface area (Å²) in [6, 6.07) is -0.373. The molecule has 0 aromatic rings. The van der Waals surface area contributed by atoms with Crippen molar-refractivity contribution in [3.63, 3.8) is 0 Å². The SMILES string of the molecule is C[C@@H](O)[C@H]1C(=O)N2C(C(=O)O)=C(SC(=O)N3CCCC3)[C@H](C)[C@H]12. The number of carbonyl (C=O) groups is 3. The first-order valence-corrected chi connectivity index (χ1v) is 8.61. The maximum absolute atomic E-state index is 12.4. The summed E-state index contributed by atoms with van der Waals surface area (Å²) in [6.07, 6.45) is 1.09. The molecule has 23 heavy (non-hydrogen) atoms. The summed E-state index contributed by atoms with van der Waals surface area (Å²) in [6.45, 7) is 4.74. The minimum absolute atomic E-state index is 0.0954. The van der Waals surface area contributed by atoms with Gasteiger partial charge in [-0.3, -0.25) is 9.59 Å². The lowest BCUT2D eigenvalue weighted by molar-refractivity contribution is -0.163. The molecule has 0 radical (unpaired) electrons. The fourth-order valence-corrected chi connectivity index (χ4v) is 4.82. The van der Waals surface area contributed by atoms with Crippen molar-refractivity contribution in [1.82, 2.24) is 9.80 Å². The number of carboxylic acids is 1. The Morgan fingerprint density at radius 2 is 1.91 bits per heavy atom. The first-order valence-electron chi connectivity index (χ1n) is 7.80. The zero-order valence-corrected chi connectivity index (χ0v) is 13.9. The zero-order valence-electron chi connectivity index (χ0n) is 13.1. The summed E-state index contributed by atoms with van der Waals surface area (Å²) in [4.78, 5) is 39.6. The average Bonchev–Trinajstić information content (AvgIpc) is 3.06. The number of thioether (sulfide) groups is 1. The smallest absolute Gasteiger partial charge is 0.353 e. The number of aliphatic hydroxyl groups excluding tert-OH is 1. The van der Waals surface area contributed by atoms with E-state index in [1.165, 1.54) is 11.8 Å². The van der Waals surface area contributed by atoms with Crippen LogP contribution in [-0.4, -0.2) is 62.4 Å². The van der Waals surface area contributed by atoms with E-state index in [1.54, 1.807) is 4.90 Å². The molecule has 8 heteroatoms. The molecule has 126 valence electrons. The van der Waals surface area contributed by atoms with Crippen LogP contribution in [0.3, 0.4) is 0 Å². The molecule has 7 nitrogen and oxygen atoms in total. The van der Waals surface area contributed by atoms with Crippen LogP contribution in [0.5, 0.6) is 0 Å². The van der Waals surface area contributed by atoms with Crippen molar-refractivity contribution in [3.05, 3.63) is 10.6 Å². The number of likely N-dealkylation sites (tertiary alicyclic amines) is 1. The van der Waals surface area contributed by atoms with Crippen LogP contribution in [0.4, 0.5) is 4.79 Å². The van der Waals surface area contributed by atoms with Gasteiger partial charge in [0.2, 0.25) is 5.91 Å². The molecule has 0 aliphatic carbocycles. The normalized spacial score (nSPS) is 31.3. The number of fused-ring (bicyclic) bond motifs is 1. The van der Waals surface area contributed by atoms with Crippen molar-refractivity contribution in [2.75, 3.05) is 13.1 Å². The Labute approximate surface area is 138 Å². The molecule has 0 unspecified atom stereocenters. The van der Waals surface area contributed by atoms with E-state index in [0.29, 0.717) is 18.0 Å². The highest BCUT2D eigenvalue weighted by Gasteiger charge is 2.60. The molecular weight excluding hydrogens is 320 g/mol. The Kier molecular flexibility index (Phi) is 4.14. The first-order chi connectivity index (χ1) is 10.8. The van der Waals surface area contributed by atoms with Gasteiger partial charge in [0.1, 0.15) is 5.70 Å². The quantitative estimate of drug-likeness (QED) is 0.746. The van der Waals surface area contributed by atoms with Gasteiger partial charge in [-0.05, 0) is 31.5 Å². The third-order valence-corrected chi connectivity index (χ3v) is 6.09. The summed E-state index contributed by atoms with van der Waals surface area (Å²) in [5.41, 5.74) is -0.0954. The Bertz CT molecular complexity index is 597.